The summed E-state index contributed by atoms with van der Waals surface area (Å²) in [5.74, 6) is -4.39. The molecule has 3 fully saturated rings. The van der Waals surface area contributed by atoms with Gasteiger partial charge in [-0.1, -0.05) is 57.5 Å². The maximum Gasteiger partial charge on any atom is 0.338 e. The Hall–Kier alpha value is -3.72. The number of rotatable bonds is 5. The number of Topliss-reactive ketones (excluding diaryl/α,β-unsaturated/α-hetero) is 1. The monoisotopic (exact) mass is 590 g/mol. The van der Waals surface area contributed by atoms with Crippen LogP contribution in [0.2, 0.25) is 0 Å². The zero-order chi connectivity index (χ0) is 30.9. The standard InChI is InChI=1S/C34H38O9/c1-32(2)26(25(36)31(39)40-5)34(4)22-11-13-33(3)23(16-24(35)42-28(33)19-12-14-41-17-19)20(22)15-21(27(34)37)29(32)43-30(38)18-9-7-6-8-10-18/h6-10,12,14-15,17,21-23,25-26,28-29,36H,11,13,16H2,1-5H3/t21-,22-,23-,25+,26-,28-,29+,33+,34+/m0/s1. The Labute approximate surface area is 250 Å². The zero-order valence-corrected chi connectivity index (χ0v) is 25.1. The summed E-state index contributed by atoms with van der Waals surface area (Å²) in [4.78, 5) is 54.0. The first-order chi connectivity index (χ1) is 20.4. The average molecular weight is 591 g/mol. The van der Waals surface area contributed by atoms with E-state index in [4.69, 9.17) is 18.6 Å². The molecule has 1 saturated heterocycles. The molecule has 9 nitrogen and oxygen atoms in total. The van der Waals surface area contributed by atoms with Crippen LogP contribution in [0.15, 0.2) is 65.0 Å². The van der Waals surface area contributed by atoms with Crippen LogP contribution in [0.1, 0.15) is 69.0 Å². The van der Waals surface area contributed by atoms with Gasteiger partial charge < -0.3 is 23.7 Å². The molecule has 0 amide bonds. The summed E-state index contributed by atoms with van der Waals surface area (Å²) in [5.41, 5.74) is -0.688. The van der Waals surface area contributed by atoms with Crippen LogP contribution >= 0.6 is 0 Å². The van der Waals surface area contributed by atoms with Crippen LogP contribution in [0.4, 0.5) is 0 Å². The zero-order valence-electron chi connectivity index (χ0n) is 25.1. The lowest BCUT2D eigenvalue weighted by Gasteiger charge is -2.64. The highest BCUT2D eigenvalue weighted by atomic mass is 16.6. The van der Waals surface area contributed by atoms with Crippen molar-refractivity contribution >= 4 is 23.7 Å². The Morgan fingerprint density at radius 3 is 2.42 bits per heavy atom. The minimum atomic E-state index is -1.64. The number of carbonyl (C=O) groups excluding carboxylic acids is 4. The number of furan rings is 1. The number of carbonyl (C=O) groups is 4. The number of ether oxygens (including phenoxy) is 3. The van der Waals surface area contributed by atoms with Gasteiger partial charge in [0.1, 0.15) is 18.0 Å². The molecule has 1 N–H and O–H groups in total. The molecular weight excluding hydrogens is 552 g/mol. The van der Waals surface area contributed by atoms with Crippen molar-refractivity contribution in [3.8, 4) is 0 Å². The number of esters is 3. The van der Waals surface area contributed by atoms with Crippen LogP contribution < -0.4 is 0 Å². The summed E-state index contributed by atoms with van der Waals surface area (Å²) in [6.07, 6.45) is 3.25. The molecular formula is C34H38O9. The topological polar surface area (TPSA) is 129 Å². The van der Waals surface area contributed by atoms with Crippen molar-refractivity contribution in [2.24, 2.45) is 39.9 Å². The van der Waals surface area contributed by atoms with Crippen molar-refractivity contribution in [3.63, 3.8) is 0 Å². The number of hydrogen-bond donors (Lipinski definition) is 1. The van der Waals surface area contributed by atoms with E-state index in [0.717, 1.165) is 11.1 Å². The predicted molar refractivity (Wildman–Crippen MR) is 152 cm³/mol. The van der Waals surface area contributed by atoms with Crippen LogP contribution in [0.25, 0.3) is 0 Å². The van der Waals surface area contributed by atoms with Gasteiger partial charge in [-0.15, -0.1) is 0 Å². The minimum Gasteiger partial charge on any atom is -0.472 e. The largest absolute Gasteiger partial charge is 0.472 e. The lowest BCUT2D eigenvalue weighted by Crippen LogP contribution is -2.69. The number of aliphatic hydroxyl groups excluding tert-OH is 1. The highest BCUT2D eigenvalue weighted by Gasteiger charge is 2.70. The summed E-state index contributed by atoms with van der Waals surface area (Å²) in [7, 11) is 1.20. The van der Waals surface area contributed by atoms with Crippen LogP contribution in [0.3, 0.4) is 0 Å². The second kappa shape index (κ2) is 10.2. The molecule has 2 saturated carbocycles. The first-order valence-electron chi connectivity index (χ1n) is 14.8. The van der Waals surface area contributed by atoms with Crippen molar-refractivity contribution in [1.29, 1.82) is 0 Å². The molecule has 0 radical (unpaired) electrons. The molecule has 9 heteroatoms. The second-order valence-electron chi connectivity index (χ2n) is 13.6. The quantitative estimate of drug-likeness (QED) is 0.295. The van der Waals surface area contributed by atoms with E-state index in [1.807, 2.05) is 26.8 Å². The summed E-state index contributed by atoms with van der Waals surface area (Å²) in [6.45, 7) is 7.60. The van der Waals surface area contributed by atoms with Gasteiger partial charge in [0.05, 0.1) is 37.5 Å². The van der Waals surface area contributed by atoms with E-state index in [0.29, 0.717) is 18.4 Å². The minimum absolute atomic E-state index is 0.131. The van der Waals surface area contributed by atoms with Crippen LogP contribution in [-0.2, 0) is 28.6 Å². The molecule has 1 aromatic heterocycles. The van der Waals surface area contributed by atoms with Gasteiger partial charge >= 0.3 is 17.9 Å². The molecule has 4 aliphatic rings. The Morgan fingerprint density at radius 2 is 1.77 bits per heavy atom. The van der Waals surface area contributed by atoms with Gasteiger partial charge in [-0.25, -0.2) is 9.59 Å². The number of cyclic esters (lactones) is 1. The van der Waals surface area contributed by atoms with Gasteiger partial charge in [0.2, 0.25) is 0 Å². The first-order valence-corrected chi connectivity index (χ1v) is 14.8. The molecule has 43 heavy (non-hydrogen) atoms. The molecule has 2 heterocycles. The molecule has 0 spiro atoms. The summed E-state index contributed by atoms with van der Waals surface area (Å²) < 4.78 is 22.4. The maximum atomic E-state index is 14.6. The Bertz CT molecular complexity index is 1470. The first kappa shape index (κ1) is 29.4. The molecule has 3 aliphatic carbocycles. The highest BCUT2D eigenvalue weighted by Crippen LogP contribution is 2.68. The van der Waals surface area contributed by atoms with Crippen molar-refractivity contribution < 1.29 is 42.9 Å². The van der Waals surface area contributed by atoms with Crippen molar-refractivity contribution in [2.45, 2.75) is 65.3 Å². The Morgan fingerprint density at radius 1 is 1.05 bits per heavy atom. The van der Waals surface area contributed by atoms with E-state index >= 15 is 0 Å². The third kappa shape index (κ3) is 4.22. The third-order valence-corrected chi connectivity index (χ3v) is 11.1. The lowest BCUT2D eigenvalue weighted by molar-refractivity contribution is -0.202. The van der Waals surface area contributed by atoms with E-state index in [-0.39, 0.29) is 30.0 Å². The molecule has 6 rings (SSSR count). The normalized spacial score (nSPS) is 36.7. The fourth-order valence-electron chi connectivity index (χ4n) is 9.11. The predicted octanol–water partition coefficient (Wildman–Crippen LogP) is 4.85. The van der Waals surface area contributed by atoms with Crippen LogP contribution in [0, 0.1) is 39.9 Å². The van der Waals surface area contributed by atoms with Crippen LogP contribution in [-0.4, -0.2) is 48.1 Å². The highest BCUT2D eigenvalue weighted by molar-refractivity contribution is 5.95. The molecule has 0 unspecified atom stereocenters. The Balaban J connectivity index is 1.50. The smallest absolute Gasteiger partial charge is 0.338 e. The van der Waals surface area contributed by atoms with Gasteiger partial charge in [0.25, 0.3) is 0 Å². The maximum absolute atomic E-state index is 14.6. The SMILES string of the molecule is COC(=O)[C@H](O)[C@H]1C(C)(C)[C@H](OC(=O)c2ccccc2)[C@H]2C=C3[C@@H]4CC(=O)O[C@@H](c5ccoc5)[C@]4(C)CC[C@@H]3[C@@]1(C)C2=O. The van der Waals surface area contributed by atoms with Gasteiger partial charge in [0, 0.05) is 27.7 Å². The number of fused-ring (bicyclic) bond motifs is 6. The van der Waals surface area contributed by atoms with E-state index < -0.39 is 58.3 Å². The number of benzene rings is 1. The molecule has 228 valence electrons. The van der Waals surface area contributed by atoms with Crippen molar-refractivity contribution in [1.82, 2.24) is 0 Å². The van der Waals surface area contributed by atoms with Crippen molar-refractivity contribution in [3.05, 3.63) is 71.7 Å². The third-order valence-electron chi connectivity index (χ3n) is 11.1. The van der Waals surface area contributed by atoms with Gasteiger partial charge in [-0.2, -0.15) is 0 Å². The average Bonchev–Trinajstić information content (AvgIpc) is 3.52. The molecule has 1 aliphatic heterocycles. The van der Waals surface area contributed by atoms with E-state index in [1.165, 1.54) is 7.11 Å². The second-order valence-corrected chi connectivity index (χ2v) is 13.6. The van der Waals surface area contributed by atoms with Crippen LogP contribution in [0.5, 0.6) is 0 Å². The molecule has 1 aromatic carbocycles. The van der Waals surface area contributed by atoms with E-state index in [2.05, 4.69) is 6.92 Å². The number of methoxy groups -OCH3 is 1. The van der Waals surface area contributed by atoms with Gasteiger partial charge in [-0.05, 0) is 42.9 Å². The molecule has 9 atom stereocenters. The summed E-state index contributed by atoms with van der Waals surface area (Å²) in [6, 6.07) is 10.3. The molecule has 2 bridgehead atoms. The lowest BCUT2D eigenvalue weighted by atomic mass is 9.40. The van der Waals surface area contributed by atoms with E-state index in [1.54, 1.807) is 48.9 Å². The fraction of sp³-hybridized carbons (Fsp3) is 0.529. The number of allylic oxidation sites excluding steroid dienone is 1. The summed E-state index contributed by atoms with van der Waals surface area (Å²) >= 11 is 0. The molecule has 2 aromatic rings. The Kier molecular flexibility index (Phi) is 6.95. The van der Waals surface area contributed by atoms with Gasteiger partial charge in [-0.3, -0.25) is 9.59 Å². The van der Waals surface area contributed by atoms with Crippen molar-refractivity contribution in [2.75, 3.05) is 7.11 Å². The fourth-order valence-corrected chi connectivity index (χ4v) is 9.11. The number of hydrogen-bond acceptors (Lipinski definition) is 9. The van der Waals surface area contributed by atoms with E-state index in [9.17, 15) is 24.3 Å². The van der Waals surface area contributed by atoms with Gasteiger partial charge in [0.15, 0.2) is 6.10 Å². The number of ketones is 1. The number of aliphatic hydroxyl groups is 1. The summed E-state index contributed by atoms with van der Waals surface area (Å²) in [5, 5.41) is 11.6.